The van der Waals surface area contributed by atoms with Crippen LogP contribution in [0, 0.1) is 6.92 Å². The third kappa shape index (κ3) is 3.87. The van der Waals surface area contributed by atoms with Crippen molar-refractivity contribution < 1.29 is 13.2 Å². The van der Waals surface area contributed by atoms with Crippen LogP contribution < -0.4 is 5.32 Å². The zero-order valence-corrected chi connectivity index (χ0v) is 13.8. The molecule has 116 valence electrons. The SMILES string of the molecule is Cc1ccc(S(C)(=O)=O)cc1C(=O)NCc1ccccc1Cl. The molecule has 0 fully saturated rings. The summed E-state index contributed by atoms with van der Waals surface area (Å²) in [5.41, 5.74) is 1.86. The highest BCUT2D eigenvalue weighted by molar-refractivity contribution is 7.90. The quantitative estimate of drug-likeness (QED) is 0.932. The molecule has 0 aliphatic heterocycles. The fourth-order valence-electron chi connectivity index (χ4n) is 1.99. The monoisotopic (exact) mass is 337 g/mol. The standard InChI is InChI=1S/C16H16ClNO3S/c1-11-7-8-13(22(2,20)21)9-14(11)16(19)18-10-12-5-3-4-6-15(12)17/h3-9H,10H2,1-2H3,(H,18,19). The summed E-state index contributed by atoms with van der Waals surface area (Å²) in [4.78, 5) is 12.4. The smallest absolute Gasteiger partial charge is 0.251 e. The van der Waals surface area contributed by atoms with Gasteiger partial charge in [0.05, 0.1) is 4.90 Å². The van der Waals surface area contributed by atoms with E-state index < -0.39 is 9.84 Å². The maximum absolute atomic E-state index is 12.3. The van der Waals surface area contributed by atoms with Gasteiger partial charge in [-0.3, -0.25) is 4.79 Å². The molecule has 0 bridgehead atoms. The maximum Gasteiger partial charge on any atom is 0.251 e. The normalized spacial score (nSPS) is 11.2. The van der Waals surface area contributed by atoms with E-state index in [1.807, 2.05) is 18.2 Å². The summed E-state index contributed by atoms with van der Waals surface area (Å²) in [7, 11) is -3.35. The zero-order chi connectivity index (χ0) is 16.3. The largest absolute Gasteiger partial charge is 0.348 e. The molecule has 0 spiro atoms. The van der Waals surface area contributed by atoms with Crippen LogP contribution in [-0.4, -0.2) is 20.6 Å². The Morgan fingerprint density at radius 1 is 1.18 bits per heavy atom. The fourth-order valence-corrected chi connectivity index (χ4v) is 2.84. The third-order valence-electron chi connectivity index (χ3n) is 3.28. The van der Waals surface area contributed by atoms with Gasteiger partial charge < -0.3 is 5.32 Å². The Balaban J connectivity index is 2.21. The van der Waals surface area contributed by atoms with Gasteiger partial charge in [0.2, 0.25) is 0 Å². The number of sulfone groups is 1. The van der Waals surface area contributed by atoms with E-state index in [9.17, 15) is 13.2 Å². The molecule has 6 heteroatoms. The first-order chi connectivity index (χ1) is 10.3. The van der Waals surface area contributed by atoms with Crippen LogP contribution >= 0.6 is 11.6 Å². The van der Waals surface area contributed by atoms with Crippen molar-refractivity contribution in [2.45, 2.75) is 18.4 Å². The molecule has 22 heavy (non-hydrogen) atoms. The van der Waals surface area contributed by atoms with Crippen LogP contribution in [0.15, 0.2) is 47.4 Å². The van der Waals surface area contributed by atoms with Gasteiger partial charge in [0.1, 0.15) is 0 Å². The molecule has 1 amide bonds. The van der Waals surface area contributed by atoms with Crippen LogP contribution in [0.1, 0.15) is 21.5 Å². The van der Waals surface area contributed by atoms with Gasteiger partial charge in [0, 0.05) is 23.4 Å². The van der Waals surface area contributed by atoms with Gasteiger partial charge in [-0.1, -0.05) is 35.9 Å². The molecule has 0 atom stereocenters. The van der Waals surface area contributed by atoms with Crippen molar-refractivity contribution in [3.8, 4) is 0 Å². The lowest BCUT2D eigenvalue weighted by atomic mass is 10.1. The van der Waals surface area contributed by atoms with Crippen LogP contribution in [0.2, 0.25) is 5.02 Å². The van der Waals surface area contributed by atoms with E-state index in [1.165, 1.54) is 12.1 Å². The van der Waals surface area contributed by atoms with E-state index in [4.69, 9.17) is 11.6 Å². The summed E-state index contributed by atoms with van der Waals surface area (Å²) >= 11 is 6.04. The molecule has 0 heterocycles. The second-order valence-electron chi connectivity index (χ2n) is 5.02. The van der Waals surface area contributed by atoms with Gasteiger partial charge in [0.15, 0.2) is 9.84 Å². The number of benzene rings is 2. The summed E-state index contributed by atoms with van der Waals surface area (Å²) in [6.45, 7) is 2.04. The predicted octanol–water partition coefficient (Wildman–Crippen LogP) is 2.98. The van der Waals surface area contributed by atoms with Crippen molar-refractivity contribution in [2.24, 2.45) is 0 Å². The molecule has 0 aliphatic carbocycles. The van der Waals surface area contributed by atoms with E-state index in [1.54, 1.807) is 19.1 Å². The van der Waals surface area contributed by atoms with Crippen molar-refractivity contribution in [3.63, 3.8) is 0 Å². The van der Waals surface area contributed by atoms with Gasteiger partial charge in [-0.25, -0.2) is 8.42 Å². The van der Waals surface area contributed by atoms with Crippen LogP contribution in [-0.2, 0) is 16.4 Å². The van der Waals surface area contributed by atoms with E-state index in [2.05, 4.69) is 5.32 Å². The van der Waals surface area contributed by atoms with E-state index in [0.29, 0.717) is 16.1 Å². The van der Waals surface area contributed by atoms with Crippen LogP contribution in [0.5, 0.6) is 0 Å². The lowest BCUT2D eigenvalue weighted by Crippen LogP contribution is -2.24. The Morgan fingerprint density at radius 3 is 2.50 bits per heavy atom. The van der Waals surface area contributed by atoms with Crippen molar-refractivity contribution in [1.29, 1.82) is 0 Å². The first-order valence-corrected chi connectivity index (χ1v) is 8.88. The molecule has 0 unspecified atom stereocenters. The molecule has 0 aliphatic rings. The molecule has 4 nitrogen and oxygen atoms in total. The number of amides is 1. The molecule has 2 aromatic carbocycles. The predicted molar refractivity (Wildman–Crippen MR) is 86.9 cm³/mol. The second-order valence-corrected chi connectivity index (χ2v) is 7.45. The number of nitrogens with one attached hydrogen (secondary N) is 1. The highest BCUT2D eigenvalue weighted by Crippen LogP contribution is 2.17. The molecule has 1 N–H and O–H groups in total. The third-order valence-corrected chi connectivity index (χ3v) is 4.76. The summed E-state index contributed by atoms with van der Waals surface area (Å²) in [5.74, 6) is -0.331. The lowest BCUT2D eigenvalue weighted by molar-refractivity contribution is 0.0950. The van der Waals surface area contributed by atoms with Crippen LogP contribution in [0.4, 0.5) is 0 Å². The van der Waals surface area contributed by atoms with E-state index in [-0.39, 0.29) is 17.3 Å². The van der Waals surface area contributed by atoms with E-state index >= 15 is 0 Å². The average molecular weight is 338 g/mol. The number of hydrogen-bond acceptors (Lipinski definition) is 3. The van der Waals surface area contributed by atoms with Crippen molar-refractivity contribution >= 4 is 27.3 Å². The topological polar surface area (TPSA) is 63.2 Å². The van der Waals surface area contributed by atoms with Crippen molar-refractivity contribution in [2.75, 3.05) is 6.26 Å². The molecule has 2 aromatic rings. The minimum absolute atomic E-state index is 0.126. The fraction of sp³-hybridized carbons (Fsp3) is 0.188. The number of hydrogen-bond donors (Lipinski definition) is 1. The van der Waals surface area contributed by atoms with Gasteiger partial charge in [-0.2, -0.15) is 0 Å². The van der Waals surface area contributed by atoms with Gasteiger partial charge in [-0.05, 0) is 36.2 Å². The average Bonchev–Trinajstić information content (AvgIpc) is 2.45. The first kappa shape index (κ1) is 16.5. The number of aryl methyl sites for hydroxylation is 1. The number of carbonyl (C=O) groups is 1. The summed E-state index contributed by atoms with van der Waals surface area (Å²) < 4.78 is 23.2. The van der Waals surface area contributed by atoms with Crippen LogP contribution in [0.3, 0.4) is 0 Å². The molecule has 0 aromatic heterocycles. The van der Waals surface area contributed by atoms with Gasteiger partial charge >= 0.3 is 0 Å². The molecular weight excluding hydrogens is 322 g/mol. The molecule has 0 saturated carbocycles. The highest BCUT2D eigenvalue weighted by atomic mass is 35.5. The molecular formula is C16H16ClNO3S. The minimum atomic E-state index is -3.35. The molecule has 2 rings (SSSR count). The summed E-state index contributed by atoms with van der Waals surface area (Å²) in [5, 5.41) is 3.33. The van der Waals surface area contributed by atoms with E-state index in [0.717, 1.165) is 11.8 Å². The Kier molecular flexibility index (Phi) is 4.88. The Bertz CT molecular complexity index is 816. The summed E-state index contributed by atoms with van der Waals surface area (Å²) in [6, 6.07) is 11.7. The number of halogens is 1. The zero-order valence-electron chi connectivity index (χ0n) is 12.3. The van der Waals surface area contributed by atoms with Gasteiger partial charge in [-0.15, -0.1) is 0 Å². The second kappa shape index (κ2) is 6.50. The highest BCUT2D eigenvalue weighted by Gasteiger charge is 2.14. The number of carbonyl (C=O) groups excluding carboxylic acids is 1. The lowest BCUT2D eigenvalue weighted by Gasteiger charge is -2.10. The first-order valence-electron chi connectivity index (χ1n) is 6.61. The van der Waals surface area contributed by atoms with Crippen molar-refractivity contribution in [1.82, 2.24) is 5.32 Å². The minimum Gasteiger partial charge on any atom is -0.348 e. The van der Waals surface area contributed by atoms with Gasteiger partial charge in [0.25, 0.3) is 5.91 Å². The van der Waals surface area contributed by atoms with Crippen LogP contribution in [0.25, 0.3) is 0 Å². The Hall–Kier alpha value is -1.85. The molecule has 0 radical (unpaired) electrons. The summed E-state index contributed by atoms with van der Waals surface area (Å²) in [6.07, 6.45) is 1.11. The number of rotatable bonds is 4. The molecule has 0 saturated heterocycles. The maximum atomic E-state index is 12.3. The Morgan fingerprint density at radius 2 is 1.86 bits per heavy atom. The van der Waals surface area contributed by atoms with Crippen molar-refractivity contribution in [3.05, 3.63) is 64.2 Å². The Labute approximate surface area is 135 Å².